The molecule has 7 nitrogen and oxygen atoms in total. The fraction of sp³-hybridized carbons (Fsp3) is 0.167. The lowest BCUT2D eigenvalue weighted by atomic mass is 10.1. The molecule has 0 fully saturated rings. The Morgan fingerprint density at radius 3 is 2.46 bits per heavy atom. The van der Waals surface area contributed by atoms with Gasteiger partial charge >= 0.3 is 6.18 Å². The topological polar surface area (TPSA) is 70.1 Å². The molecule has 0 N–H and O–H groups in total. The molecule has 0 spiro atoms. The highest BCUT2D eigenvalue weighted by molar-refractivity contribution is 6.30. The van der Waals surface area contributed by atoms with Crippen molar-refractivity contribution in [1.29, 1.82) is 0 Å². The monoisotopic (exact) mass is 498 g/mol. The summed E-state index contributed by atoms with van der Waals surface area (Å²) in [7, 11) is 1.57. The summed E-state index contributed by atoms with van der Waals surface area (Å²) in [6.07, 6.45) is -0.795. The minimum absolute atomic E-state index is 0.141. The molecule has 0 aliphatic carbocycles. The van der Waals surface area contributed by atoms with Crippen molar-refractivity contribution >= 4 is 17.4 Å². The Balaban J connectivity index is 1.55. The second-order valence-electron chi connectivity index (χ2n) is 7.88. The van der Waals surface area contributed by atoms with E-state index < -0.39 is 11.9 Å². The maximum absolute atomic E-state index is 13.5. The quantitative estimate of drug-likeness (QED) is 0.317. The molecule has 0 bridgehead atoms. The van der Waals surface area contributed by atoms with Gasteiger partial charge in [-0.05, 0) is 42.8 Å². The Hall–Kier alpha value is -3.92. The molecule has 3 heterocycles. The van der Waals surface area contributed by atoms with Crippen LogP contribution in [0.15, 0.2) is 61.1 Å². The summed E-state index contributed by atoms with van der Waals surface area (Å²) < 4.78 is 49.3. The van der Waals surface area contributed by atoms with Crippen molar-refractivity contribution in [2.45, 2.75) is 19.5 Å². The van der Waals surface area contributed by atoms with Crippen LogP contribution in [0.25, 0.3) is 22.7 Å². The van der Waals surface area contributed by atoms with Crippen LogP contribution >= 0.6 is 11.6 Å². The van der Waals surface area contributed by atoms with Gasteiger partial charge in [0.2, 0.25) is 0 Å². The molecule has 0 saturated heterocycles. The van der Waals surface area contributed by atoms with Crippen LogP contribution in [-0.2, 0) is 12.6 Å². The molecular weight excluding hydrogens is 481 g/mol. The van der Waals surface area contributed by atoms with Gasteiger partial charge in [-0.2, -0.15) is 22.7 Å². The Labute approximate surface area is 202 Å². The number of alkyl halides is 3. The van der Waals surface area contributed by atoms with Gasteiger partial charge in [0.05, 0.1) is 30.5 Å². The van der Waals surface area contributed by atoms with Gasteiger partial charge in [0, 0.05) is 23.2 Å². The Morgan fingerprint density at radius 1 is 1.03 bits per heavy atom. The molecule has 5 rings (SSSR count). The first kappa shape index (κ1) is 22.9. The molecule has 0 saturated carbocycles. The van der Waals surface area contributed by atoms with E-state index in [-0.39, 0.29) is 17.9 Å². The molecule has 0 unspecified atom stereocenters. The summed E-state index contributed by atoms with van der Waals surface area (Å²) in [6.45, 7) is 1.89. The number of imidazole rings is 1. The molecule has 11 heteroatoms. The molecule has 5 aromatic rings. The molecule has 0 aliphatic heterocycles. The minimum Gasteiger partial charge on any atom is -0.495 e. The van der Waals surface area contributed by atoms with Gasteiger partial charge in [-0.3, -0.25) is 0 Å². The molecule has 35 heavy (non-hydrogen) atoms. The summed E-state index contributed by atoms with van der Waals surface area (Å²) >= 11 is 5.95. The third-order valence-electron chi connectivity index (χ3n) is 5.38. The Kier molecular flexibility index (Phi) is 5.68. The third kappa shape index (κ3) is 4.57. The normalized spacial score (nSPS) is 11.8. The molecule has 3 aromatic heterocycles. The molecule has 0 amide bonds. The maximum atomic E-state index is 13.5. The third-order valence-corrected chi connectivity index (χ3v) is 5.63. The van der Waals surface area contributed by atoms with Gasteiger partial charge in [0.1, 0.15) is 5.75 Å². The first-order valence-corrected chi connectivity index (χ1v) is 10.9. The first-order valence-electron chi connectivity index (χ1n) is 10.5. The number of benzene rings is 2. The van der Waals surface area contributed by atoms with Crippen molar-refractivity contribution in [3.8, 4) is 22.7 Å². The molecule has 0 radical (unpaired) electrons. The highest BCUT2D eigenvalue weighted by Crippen LogP contribution is 2.32. The van der Waals surface area contributed by atoms with Crippen LogP contribution in [-0.4, -0.2) is 36.2 Å². The van der Waals surface area contributed by atoms with E-state index in [9.17, 15) is 13.2 Å². The predicted molar refractivity (Wildman–Crippen MR) is 124 cm³/mol. The lowest BCUT2D eigenvalue weighted by Gasteiger charge is -2.10. The van der Waals surface area contributed by atoms with Crippen molar-refractivity contribution in [2.75, 3.05) is 7.11 Å². The Bertz CT molecular complexity index is 1530. The van der Waals surface area contributed by atoms with E-state index in [4.69, 9.17) is 16.3 Å². The number of methoxy groups -OCH3 is 1. The molecule has 0 atom stereocenters. The van der Waals surface area contributed by atoms with Crippen LogP contribution in [0, 0.1) is 6.92 Å². The second-order valence-corrected chi connectivity index (χ2v) is 8.31. The number of hydrogen-bond acceptors (Lipinski definition) is 5. The van der Waals surface area contributed by atoms with Crippen LogP contribution in [0.3, 0.4) is 0 Å². The highest BCUT2D eigenvalue weighted by atomic mass is 35.5. The van der Waals surface area contributed by atoms with Gasteiger partial charge in [0.25, 0.3) is 5.78 Å². The van der Waals surface area contributed by atoms with Gasteiger partial charge in [-0.15, -0.1) is 5.10 Å². The zero-order valence-corrected chi connectivity index (χ0v) is 19.3. The van der Waals surface area contributed by atoms with E-state index in [1.54, 1.807) is 37.7 Å². The fourth-order valence-electron chi connectivity index (χ4n) is 3.74. The number of rotatable bonds is 5. The average Bonchev–Trinajstić information content (AvgIpc) is 3.44. The van der Waals surface area contributed by atoms with Gasteiger partial charge in [-0.25, -0.2) is 9.97 Å². The summed E-state index contributed by atoms with van der Waals surface area (Å²) in [6, 6.07) is 13.0. The minimum atomic E-state index is -4.64. The fourth-order valence-corrected chi connectivity index (χ4v) is 3.86. The van der Waals surface area contributed by atoms with E-state index >= 15 is 0 Å². The van der Waals surface area contributed by atoms with E-state index in [1.165, 1.54) is 4.52 Å². The number of hydrogen-bond donors (Lipinski definition) is 0. The van der Waals surface area contributed by atoms with Crippen molar-refractivity contribution in [3.63, 3.8) is 0 Å². The summed E-state index contributed by atoms with van der Waals surface area (Å²) in [5.74, 6) is 0.792. The maximum Gasteiger partial charge on any atom is 0.433 e. The van der Waals surface area contributed by atoms with Crippen molar-refractivity contribution < 1.29 is 17.9 Å². The summed E-state index contributed by atoms with van der Waals surface area (Å²) in [5.41, 5.74) is 2.16. The van der Waals surface area contributed by atoms with Gasteiger partial charge in [-0.1, -0.05) is 29.8 Å². The molecular formula is C24H18ClF3N6O. The van der Waals surface area contributed by atoms with Crippen molar-refractivity contribution in [3.05, 3.63) is 88.9 Å². The van der Waals surface area contributed by atoms with Crippen LogP contribution < -0.4 is 4.74 Å². The summed E-state index contributed by atoms with van der Waals surface area (Å²) in [5, 5.41) is 4.93. The summed E-state index contributed by atoms with van der Waals surface area (Å²) in [4.78, 5) is 12.2. The van der Waals surface area contributed by atoms with E-state index in [0.29, 0.717) is 22.2 Å². The first-order chi connectivity index (χ1) is 16.7. The zero-order chi connectivity index (χ0) is 24.7. The van der Waals surface area contributed by atoms with Crippen LogP contribution in [0.5, 0.6) is 5.75 Å². The van der Waals surface area contributed by atoms with E-state index in [0.717, 1.165) is 23.0 Å². The standard InChI is InChI=1S/C24H18ClF3N6O/c1-14-12-33(13-29-14)18-8-3-15(9-20(18)35-2)10-22-31-23-30-21(24(26,27)28)11-19(34(23)32-22)16-4-6-17(25)7-5-16/h3-9,11-13H,10H2,1-2H3. The van der Waals surface area contributed by atoms with E-state index in [1.807, 2.05) is 35.9 Å². The largest absolute Gasteiger partial charge is 0.495 e. The van der Waals surface area contributed by atoms with Crippen LogP contribution in [0.4, 0.5) is 13.2 Å². The number of halogens is 4. The highest BCUT2D eigenvalue weighted by Gasteiger charge is 2.34. The van der Waals surface area contributed by atoms with Crippen LogP contribution in [0.1, 0.15) is 22.8 Å². The lowest BCUT2D eigenvalue weighted by Crippen LogP contribution is -2.11. The smallest absolute Gasteiger partial charge is 0.433 e. The lowest BCUT2D eigenvalue weighted by molar-refractivity contribution is -0.141. The van der Waals surface area contributed by atoms with E-state index in [2.05, 4.69) is 20.1 Å². The molecule has 178 valence electrons. The van der Waals surface area contributed by atoms with Crippen molar-refractivity contribution in [1.82, 2.24) is 29.1 Å². The number of aryl methyl sites for hydroxylation is 1. The molecule has 2 aromatic carbocycles. The average molecular weight is 499 g/mol. The number of nitrogens with zero attached hydrogens (tertiary/aromatic N) is 6. The SMILES string of the molecule is COc1cc(Cc2nc3nc(C(F)(F)F)cc(-c4ccc(Cl)cc4)n3n2)ccc1-n1cnc(C)c1. The number of ether oxygens (including phenoxy) is 1. The second kappa shape index (κ2) is 8.70. The number of aromatic nitrogens is 6. The Morgan fingerprint density at radius 2 is 1.80 bits per heavy atom. The van der Waals surface area contributed by atoms with Crippen LogP contribution in [0.2, 0.25) is 5.02 Å². The van der Waals surface area contributed by atoms with Gasteiger partial charge in [0.15, 0.2) is 11.5 Å². The predicted octanol–water partition coefficient (Wildman–Crippen LogP) is 5.56. The molecule has 0 aliphatic rings. The number of fused-ring (bicyclic) bond motifs is 1. The van der Waals surface area contributed by atoms with Crippen molar-refractivity contribution in [2.24, 2.45) is 0 Å². The van der Waals surface area contributed by atoms with Gasteiger partial charge < -0.3 is 9.30 Å². The zero-order valence-electron chi connectivity index (χ0n) is 18.6.